The van der Waals surface area contributed by atoms with Crippen LogP contribution in [0.5, 0.6) is 0 Å². The van der Waals surface area contributed by atoms with Crippen LogP contribution in [0.15, 0.2) is 27.7 Å². The van der Waals surface area contributed by atoms with E-state index in [1.807, 2.05) is 45.2 Å². The van der Waals surface area contributed by atoms with Crippen molar-refractivity contribution in [2.45, 2.75) is 38.8 Å². The minimum atomic E-state index is -0.504. The highest BCUT2D eigenvalue weighted by Gasteiger charge is 2.26. The predicted molar refractivity (Wildman–Crippen MR) is 91.6 cm³/mol. The number of halogens is 1. The van der Waals surface area contributed by atoms with E-state index in [-0.39, 0.29) is 6.04 Å². The summed E-state index contributed by atoms with van der Waals surface area (Å²) in [4.78, 5) is 16.6. The van der Waals surface area contributed by atoms with Gasteiger partial charge in [0.15, 0.2) is 0 Å². The van der Waals surface area contributed by atoms with Crippen molar-refractivity contribution in [2.24, 2.45) is 4.99 Å². The lowest BCUT2D eigenvalue weighted by molar-refractivity contribution is 0.0518. The fourth-order valence-electron chi connectivity index (χ4n) is 2.08. The summed E-state index contributed by atoms with van der Waals surface area (Å²) < 4.78 is 6.34. The first-order chi connectivity index (χ1) is 9.78. The van der Waals surface area contributed by atoms with Gasteiger partial charge in [-0.2, -0.15) is 0 Å². The molecule has 0 spiro atoms. The first-order valence-electron chi connectivity index (χ1n) is 6.69. The Kier molecular flexibility index (Phi) is 4.99. The molecule has 0 bridgehead atoms. The molecule has 1 amide bonds. The molecule has 1 aromatic rings. The number of aliphatic imine (C=N–C) groups is 1. The van der Waals surface area contributed by atoms with Gasteiger partial charge in [-0.3, -0.25) is 0 Å². The van der Waals surface area contributed by atoms with Gasteiger partial charge in [0.05, 0.1) is 16.8 Å². The van der Waals surface area contributed by atoms with Gasteiger partial charge in [-0.15, -0.1) is 11.8 Å². The van der Waals surface area contributed by atoms with Gasteiger partial charge < -0.3 is 10.1 Å². The molecule has 0 saturated carbocycles. The number of alkyl carbamates (subject to hydrolysis) is 1. The van der Waals surface area contributed by atoms with E-state index in [2.05, 4.69) is 26.2 Å². The topological polar surface area (TPSA) is 50.7 Å². The Bertz CT molecular complexity index is 582. The van der Waals surface area contributed by atoms with E-state index < -0.39 is 11.7 Å². The van der Waals surface area contributed by atoms with Crippen molar-refractivity contribution in [1.82, 2.24) is 5.32 Å². The second-order valence-corrected chi connectivity index (χ2v) is 7.57. The van der Waals surface area contributed by atoms with Crippen LogP contribution in [0.4, 0.5) is 10.5 Å². The Morgan fingerprint density at radius 3 is 2.81 bits per heavy atom. The summed E-state index contributed by atoms with van der Waals surface area (Å²) in [6.07, 6.45) is 2.27. The SMILES string of the molecule is CSC1=Nc2ccc(Br)cc2CC1NC(=O)OC(C)(C)C. The molecule has 1 aliphatic rings. The van der Waals surface area contributed by atoms with Gasteiger partial charge in [-0.1, -0.05) is 15.9 Å². The number of rotatable bonds is 1. The Morgan fingerprint density at radius 1 is 1.48 bits per heavy atom. The summed E-state index contributed by atoms with van der Waals surface area (Å²) in [5.74, 6) is 0. The molecule has 1 unspecified atom stereocenters. The van der Waals surface area contributed by atoms with Crippen LogP contribution in [-0.4, -0.2) is 29.0 Å². The van der Waals surface area contributed by atoms with E-state index in [1.54, 1.807) is 11.8 Å². The van der Waals surface area contributed by atoms with Gasteiger partial charge in [0.25, 0.3) is 0 Å². The number of thioether (sulfide) groups is 1. The van der Waals surface area contributed by atoms with Crippen LogP contribution in [-0.2, 0) is 11.2 Å². The number of ether oxygens (including phenoxy) is 1. The zero-order valence-corrected chi connectivity index (χ0v) is 15.0. The maximum atomic E-state index is 12.0. The molecule has 1 heterocycles. The molecule has 4 nitrogen and oxygen atoms in total. The molecule has 2 rings (SSSR count). The maximum absolute atomic E-state index is 12.0. The van der Waals surface area contributed by atoms with Crippen LogP contribution >= 0.6 is 27.7 Å². The quantitative estimate of drug-likeness (QED) is 0.801. The molecule has 0 radical (unpaired) electrons. The van der Waals surface area contributed by atoms with Crippen molar-refractivity contribution < 1.29 is 9.53 Å². The van der Waals surface area contributed by atoms with Crippen LogP contribution < -0.4 is 5.32 Å². The first-order valence-corrected chi connectivity index (χ1v) is 8.71. The van der Waals surface area contributed by atoms with Crippen LogP contribution in [0, 0.1) is 0 Å². The van der Waals surface area contributed by atoms with E-state index >= 15 is 0 Å². The highest BCUT2D eigenvalue weighted by Crippen LogP contribution is 2.31. The molecule has 6 heteroatoms. The molecule has 0 aliphatic carbocycles. The van der Waals surface area contributed by atoms with Crippen LogP contribution in [0.1, 0.15) is 26.3 Å². The average Bonchev–Trinajstić information content (AvgIpc) is 2.35. The molecule has 114 valence electrons. The molecule has 1 aliphatic heterocycles. The normalized spacial score (nSPS) is 17.8. The summed E-state index contributed by atoms with van der Waals surface area (Å²) in [6.45, 7) is 5.55. The fraction of sp³-hybridized carbons (Fsp3) is 0.467. The van der Waals surface area contributed by atoms with Crippen molar-refractivity contribution in [3.8, 4) is 0 Å². The van der Waals surface area contributed by atoms with E-state index in [1.165, 1.54) is 0 Å². The number of carbonyl (C=O) groups is 1. The lowest BCUT2D eigenvalue weighted by Crippen LogP contribution is -2.44. The monoisotopic (exact) mass is 370 g/mol. The fourth-order valence-corrected chi connectivity index (χ4v) is 3.11. The molecule has 1 N–H and O–H groups in total. The predicted octanol–water partition coefficient (Wildman–Crippen LogP) is 4.29. The number of carbonyl (C=O) groups excluding carboxylic acids is 1. The second kappa shape index (κ2) is 6.40. The second-order valence-electron chi connectivity index (χ2n) is 5.83. The number of nitrogens with one attached hydrogen (secondary N) is 1. The number of hydrogen-bond acceptors (Lipinski definition) is 4. The van der Waals surface area contributed by atoms with E-state index in [0.717, 1.165) is 20.8 Å². The zero-order valence-electron chi connectivity index (χ0n) is 12.6. The van der Waals surface area contributed by atoms with Gasteiger partial charge in [-0.25, -0.2) is 9.79 Å². The summed E-state index contributed by atoms with van der Waals surface area (Å²) in [5.41, 5.74) is 1.57. The Labute approximate surface area is 137 Å². The van der Waals surface area contributed by atoms with Crippen LogP contribution in [0.25, 0.3) is 0 Å². The number of fused-ring (bicyclic) bond motifs is 1. The van der Waals surface area contributed by atoms with Gasteiger partial charge in [0.2, 0.25) is 0 Å². The minimum Gasteiger partial charge on any atom is -0.444 e. The molecule has 0 saturated heterocycles. The smallest absolute Gasteiger partial charge is 0.408 e. The number of nitrogens with zero attached hydrogens (tertiary/aromatic N) is 1. The Morgan fingerprint density at radius 2 is 2.19 bits per heavy atom. The third-order valence-corrected chi connectivity index (χ3v) is 4.18. The average molecular weight is 371 g/mol. The van der Waals surface area contributed by atoms with Crippen LogP contribution in [0.3, 0.4) is 0 Å². The summed E-state index contributed by atoms with van der Waals surface area (Å²) in [7, 11) is 0. The highest BCUT2D eigenvalue weighted by molar-refractivity contribution is 9.10. The lowest BCUT2D eigenvalue weighted by Gasteiger charge is -2.27. The largest absolute Gasteiger partial charge is 0.444 e. The number of benzene rings is 1. The maximum Gasteiger partial charge on any atom is 0.408 e. The van der Waals surface area contributed by atoms with Crippen molar-refractivity contribution >= 4 is 44.5 Å². The van der Waals surface area contributed by atoms with Gasteiger partial charge in [0.1, 0.15) is 5.60 Å². The Balaban J connectivity index is 2.16. The molecule has 1 atom stereocenters. The third-order valence-electron chi connectivity index (χ3n) is 2.89. The standard InChI is InChI=1S/C15H19BrN2O2S/c1-15(2,3)20-14(19)18-12-8-9-7-10(16)5-6-11(9)17-13(12)21-4/h5-7,12H,8H2,1-4H3,(H,18,19). The first kappa shape index (κ1) is 16.4. The molecular formula is C15H19BrN2O2S. The zero-order chi connectivity index (χ0) is 15.6. The van der Waals surface area contributed by atoms with Crippen molar-refractivity contribution in [3.63, 3.8) is 0 Å². The molecule has 21 heavy (non-hydrogen) atoms. The molecule has 0 aromatic heterocycles. The summed E-state index contributed by atoms with van der Waals surface area (Å²) >= 11 is 5.02. The highest BCUT2D eigenvalue weighted by atomic mass is 79.9. The van der Waals surface area contributed by atoms with Crippen molar-refractivity contribution in [3.05, 3.63) is 28.2 Å². The van der Waals surface area contributed by atoms with Crippen molar-refractivity contribution in [2.75, 3.05) is 6.26 Å². The van der Waals surface area contributed by atoms with Gasteiger partial charge >= 0.3 is 6.09 Å². The summed E-state index contributed by atoms with van der Waals surface area (Å²) in [6, 6.07) is 5.86. The Hall–Kier alpha value is -1.01. The number of hydrogen-bond donors (Lipinski definition) is 1. The molecule has 0 fully saturated rings. The summed E-state index contributed by atoms with van der Waals surface area (Å²) in [5, 5.41) is 3.81. The molecular weight excluding hydrogens is 352 g/mol. The van der Waals surface area contributed by atoms with Gasteiger partial charge in [0, 0.05) is 10.9 Å². The number of amides is 1. The minimum absolute atomic E-state index is 0.142. The van der Waals surface area contributed by atoms with Gasteiger partial charge in [-0.05, 0) is 50.8 Å². The lowest BCUT2D eigenvalue weighted by atomic mass is 10.0. The van der Waals surface area contributed by atoms with Crippen LogP contribution in [0.2, 0.25) is 0 Å². The van der Waals surface area contributed by atoms with E-state index in [0.29, 0.717) is 6.42 Å². The van der Waals surface area contributed by atoms with Crippen molar-refractivity contribution in [1.29, 1.82) is 0 Å². The third kappa shape index (κ3) is 4.48. The van der Waals surface area contributed by atoms with E-state index in [9.17, 15) is 4.79 Å². The molecule has 1 aromatic carbocycles. The van der Waals surface area contributed by atoms with E-state index in [4.69, 9.17) is 4.74 Å².